The Labute approximate surface area is 171 Å². The number of amides is 1. The Morgan fingerprint density at radius 2 is 2.07 bits per heavy atom. The van der Waals surface area contributed by atoms with Crippen molar-refractivity contribution in [3.05, 3.63) is 64.5 Å². The molecule has 3 atom stereocenters. The van der Waals surface area contributed by atoms with E-state index in [0.717, 1.165) is 5.76 Å². The van der Waals surface area contributed by atoms with E-state index < -0.39 is 24.7 Å². The lowest BCUT2D eigenvalue weighted by Crippen LogP contribution is -2.54. The van der Waals surface area contributed by atoms with E-state index in [0.29, 0.717) is 31.7 Å². The Balaban J connectivity index is 1.57. The van der Waals surface area contributed by atoms with Gasteiger partial charge in [0, 0.05) is 43.2 Å². The first-order chi connectivity index (χ1) is 14.3. The molecule has 1 fully saturated rings. The molecular formula is C21H22F3N3O3. The van der Waals surface area contributed by atoms with Crippen LogP contribution in [0, 0.1) is 5.92 Å². The van der Waals surface area contributed by atoms with Gasteiger partial charge in [0.15, 0.2) is 0 Å². The Bertz CT molecular complexity index is 981. The first-order valence-electron chi connectivity index (χ1n) is 9.80. The van der Waals surface area contributed by atoms with Crippen molar-refractivity contribution in [1.29, 1.82) is 0 Å². The average molecular weight is 421 g/mol. The number of nitrogens with one attached hydrogen (secondary N) is 1. The third-order valence-corrected chi connectivity index (χ3v) is 5.64. The number of fused-ring (bicyclic) bond motifs is 4. The molecule has 0 saturated carbocycles. The summed E-state index contributed by atoms with van der Waals surface area (Å²) in [5.74, 6) is -0.241. The predicted molar refractivity (Wildman–Crippen MR) is 104 cm³/mol. The van der Waals surface area contributed by atoms with Crippen LogP contribution >= 0.6 is 0 Å². The van der Waals surface area contributed by atoms with Crippen molar-refractivity contribution in [2.24, 2.45) is 5.92 Å². The number of hydrogen-bond acceptors (Lipinski definition) is 4. The molecule has 0 aromatic carbocycles. The van der Waals surface area contributed by atoms with Crippen molar-refractivity contribution < 1.29 is 22.4 Å². The van der Waals surface area contributed by atoms with Gasteiger partial charge in [-0.25, -0.2) is 0 Å². The van der Waals surface area contributed by atoms with Gasteiger partial charge in [0.1, 0.15) is 18.3 Å². The van der Waals surface area contributed by atoms with Crippen LogP contribution in [0.3, 0.4) is 0 Å². The number of nitrogens with zero attached hydrogens (tertiary/aromatic N) is 2. The van der Waals surface area contributed by atoms with Crippen molar-refractivity contribution >= 4 is 12.0 Å². The van der Waals surface area contributed by atoms with E-state index in [1.165, 1.54) is 10.6 Å². The smallest absolute Gasteiger partial charge is 0.405 e. The van der Waals surface area contributed by atoms with Crippen molar-refractivity contribution in [3.63, 3.8) is 0 Å². The lowest BCUT2D eigenvalue weighted by atomic mass is 9.78. The molecule has 2 aliphatic heterocycles. The lowest BCUT2D eigenvalue weighted by molar-refractivity contribution is -0.142. The number of pyridine rings is 1. The maximum Gasteiger partial charge on any atom is 0.405 e. The highest BCUT2D eigenvalue weighted by molar-refractivity contribution is 5.81. The van der Waals surface area contributed by atoms with Crippen LogP contribution < -0.4 is 10.9 Å². The maximum absolute atomic E-state index is 12.7. The number of likely N-dealkylation sites (tertiary alicyclic amines) is 1. The van der Waals surface area contributed by atoms with Gasteiger partial charge >= 0.3 is 6.18 Å². The third kappa shape index (κ3) is 4.35. The molecule has 0 aliphatic carbocycles. The SMILES string of the molecule is O=C(NCC(F)(F)F)[C@H]1[C@@H]2C[C@@H](CN(C/C=C/c3ccco3)C2)c2cccc(=O)n21. The molecule has 1 saturated heterocycles. The second kappa shape index (κ2) is 8.14. The van der Waals surface area contributed by atoms with Crippen LogP contribution in [0.25, 0.3) is 6.08 Å². The molecular weight excluding hydrogens is 399 g/mol. The lowest BCUT2D eigenvalue weighted by Gasteiger charge is -2.46. The number of hydrogen-bond donors (Lipinski definition) is 1. The maximum atomic E-state index is 12.7. The molecule has 2 bridgehead atoms. The summed E-state index contributed by atoms with van der Waals surface area (Å²) in [7, 11) is 0. The number of furan rings is 1. The Hall–Kier alpha value is -2.81. The number of carbonyl (C=O) groups excluding carboxylic acids is 1. The van der Waals surface area contributed by atoms with Gasteiger partial charge in [0.2, 0.25) is 5.91 Å². The van der Waals surface area contributed by atoms with Crippen LogP contribution in [0.1, 0.15) is 29.8 Å². The highest BCUT2D eigenvalue weighted by Gasteiger charge is 2.44. The molecule has 0 radical (unpaired) electrons. The number of rotatable bonds is 5. The number of carbonyl (C=O) groups is 1. The standard InChI is InChI=1S/C21H22F3N3O3/c22-21(23,24)13-25-20(29)19-15-10-14(17-6-1-7-18(28)27(17)19)11-26(12-15)8-2-4-16-5-3-9-30-16/h1-7,9,14-15,19H,8,10-13H2,(H,25,29)/b4-2+/t14-,15+,19+/m0/s1. The van der Waals surface area contributed by atoms with E-state index in [4.69, 9.17) is 4.42 Å². The van der Waals surface area contributed by atoms with Gasteiger partial charge in [0.05, 0.1) is 6.26 Å². The molecule has 4 heterocycles. The average Bonchev–Trinajstić information content (AvgIpc) is 3.20. The highest BCUT2D eigenvalue weighted by atomic mass is 19.4. The van der Waals surface area contributed by atoms with Crippen LogP contribution in [-0.4, -0.2) is 47.7 Å². The fraction of sp³-hybridized carbons (Fsp3) is 0.429. The molecule has 0 unspecified atom stereocenters. The second-order valence-corrected chi connectivity index (χ2v) is 7.77. The highest BCUT2D eigenvalue weighted by Crippen LogP contribution is 2.41. The van der Waals surface area contributed by atoms with Crippen molar-refractivity contribution in [2.75, 3.05) is 26.2 Å². The zero-order valence-corrected chi connectivity index (χ0v) is 16.1. The van der Waals surface area contributed by atoms with Crippen molar-refractivity contribution in [3.8, 4) is 0 Å². The van der Waals surface area contributed by atoms with Gasteiger partial charge < -0.3 is 9.73 Å². The van der Waals surface area contributed by atoms with Crippen molar-refractivity contribution in [2.45, 2.75) is 24.6 Å². The molecule has 4 rings (SSSR count). The first kappa shape index (κ1) is 20.5. The van der Waals surface area contributed by atoms with Crippen LogP contribution in [0.2, 0.25) is 0 Å². The van der Waals surface area contributed by atoms with Gasteiger partial charge in [-0.15, -0.1) is 0 Å². The minimum atomic E-state index is -4.51. The molecule has 2 aliphatic rings. The monoisotopic (exact) mass is 421 g/mol. The number of alkyl halides is 3. The largest absolute Gasteiger partial charge is 0.465 e. The molecule has 1 amide bonds. The zero-order chi connectivity index (χ0) is 21.3. The minimum absolute atomic E-state index is 0.0429. The summed E-state index contributed by atoms with van der Waals surface area (Å²) in [6.07, 6.45) is 1.55. The van der Waals surface area contributed by atoms with Crippen LogP contribution in [0.15, 0.2) is 51.9 Å². The molecule has 2 aromatic heterocycles. The number of halogens is 3. The molecule has 160 valence electrons. The normalized spacial score (nSPS) is 24.0. The Kier molecular flexibility index (Phi) is 5.55. The molecule has 1 N–H and O–H groups in total. The van der Waals surface area contributed by atoms with Crippen LogP contribution in [0.5, 0.6) is 0 Å². The fourth-order valence-electron chi connectivity index (χ4n) is 4.51. The topological polar surface area (TPSA) is 67.5 Å². The van der Waals surface area contributed by atoms with E-state index >= 15 is 0 Å². The summed E-state index contributed by atoms with van der Waals surface area (Å²) < 4.78 is 44.5. The zero-order valence-electron chi connectivity index (χ0n) is 16.1. The third-order valence-electron chi connectivity index (χ3n) is 5.64. The quantitative estimate of drug-likeness (QED) is 0.806. The molecule has 0 spiro atoms. The summed E-state index contributed by atoms with van der Waals surface area (Å²) in [6, 6.07) is 7.45. The number of piperidine rings is 1. The summed E-state index contributed by atoms with van der Waals surface area (Å²) in [6.45, 7) is 0.426. The van der Waals surface area contributed by atoms with Gasteiger partial charge in [-0.3, -0.25) is 19.1 Å². The second-order valence-electron chi connectivity index (χ2n) is 7.77. The summed E-state index contributed by atoms with van der Waals surface area (Å²) in [4.78, 5) is 27.4. The van der Waals surface area contributed by atoms with E-state index in [2.05, 4.69) is 4.90 Å². The molecule has 30 heavy (non-hydrogen) atoms. The van der Waals surface area contributed by atoms with Crippen LogP contribution in [0.4, 0.5) is 13.2 Å². The van der Waals surface area contributed by atoms with Crippen LogP contribution in [-0.2, 0) is 4.79 Å². The minimum Gasteiger partial charge on any atom is -0.465 e. The van der Waals surface area contributed by atoms with Gasteiger partial charge in [-0.1, -0.05) is 12.1 Å². The van der Waals surface area contributed by atoms with E-state index in [1.807, 2.05) is 23.5 Å². The first-order valence-corrected chi connectivity index (χ1v) is 9.80. The summed E-state index contributed by atoms with van der Waals surface area (Å²) in [5.41, 5.74) is 0.339. The molecule has 9 heteroatoms. The molecule has 2 aromatic rings. The van der Waals surface area contributed by atoms with Crippen molar-refractivity contribution in [1.82, 2.24) is 14.8 Å². The summed E-state index contributed by atoms with van der Waals surface area (Å²) >= 11 is 0. The van der Waals surface area contributed by atoms with Gasteiger partial charge in [-0.05, 0) is 30.7 Å². The number of aromatic nitrogens is 1. The fourth-order valence-corrected chi connectivity index (χ4v) is 4.51. The van der Waals surface area contributed by atoms with E-state index in [9.17, 15) is 22.8 Å². The Morgan fingerprint density at radius 1 is 1.23 bits per heavy atom. The summed E-state index contributed by atoms with van der Waals surface area (Å²) in [5, 5.41) is 1.97. The predicted octanol–water partition coefficient (Wildman–Crippen LogP) is 2.79. The van der Waals surface area contributed by atoms with Gasteiger partial charge in [-0.2, -0.15) is 13.2 Å². The van der Waals surface area contributed by atoms with E-state index in [-0.39, 0.29) is 17.4 Å². The molecule has 6 nitrogen and oxygen atoms in total. The Morgan fingerprint density at radius 3 is 2.80 bits per heavy atom. The van der Waals surface area contributed by atoms with Gasteiger partial charge in [0.25, 0.3) is 5.56 Å². The van der Waals surface area contributed by atoms with E-state index in [1.54, 1.807) is 24.5 Å².